The second-order valence-corrected chi connectivity index (χ2v) is 8.30. The fourth-order valence-corrected chi connectivity index (χ4v) is 3.72. The van der Waals surface area contributed by atoms with Gasteiger partial charge in [-0.05, 0) is 73.5 Å². The van der Waals surface area contributed by atoms with E-state index >= 15 is 0 Å². The number of benzene rings is 1. The van der Waals surface area contributed by atoms with E-state index in [1.807, 2.05) is 36.7 Å². The molecule has 2 aliphatic rings. The van der Waals surface area contributed by atoms with Crippen LogP contribution in [0.4, 0.5) is 0 Å². The molecule has 6 heteroatoms. The average Bonchev–Trinajstić information content (AvgIpc) is 3.47. The maximum Gasteiger partial charge on any atom is 0.137 e. The van der Waals surface area contributed by atoms with Crippen molar-refractivity contribution in [2.75, 3.05) is 33.0 Å². The van der Waals surface area contributed by atoms with Crippen LogP contribution < -0.4 is 14.8 Å². The number of ether oxygens (including phenoxy) is 3. The van der Waals surface area contributed by atoms with E-state index < -0.39 is 0 Å². The minimum absolute atomic E-state index is 0.501. The van der Waals surface area contributed by atoms with Crippen molar-refractivity contribution in [1.29, 1.82) is 0 Å². The Morgan fingerprint density at radius 2 is 1.90 bits per heavy atom. The summed E-state index contributed by atoms with van der Waals surface area (Å²) in [6, 6.07) is 10.1. The molecular formula is C23H29ClN2O3. The van der Waals surface area contributed by atoms with Gasteiger partial charge in [-0.3, -0.25) is 4.98 Å². The first-order chi connectivity index (χ1) is 14.3. The Morgan fingerprint density at radius 3 is 2.69 bits per heavy atom. The average molecular weight is 417 g/mol. The van der Waals surface area contributed by atoms with Crippen LogP contribution in [-0.2, 0) is 4.74 Å². The second-order valence-electron chi connectivity index (χ2n) is 7.86. The first-order valence-electron chi connectivity index (χ1n) is 10.5. The first kappa shape index (κ1) is 20.5. The summed E-state index contributed by atoms with van der Waals surface area (Å²) < 4.78 is 17.3. The number of hydrogen-bond acceptors (Lipinski definition) is 5. The predicted octanol–water partition coefficient (Wildman–Crippen LogP) is 4.46. The van der Waals surface area contributed by atoms with Crippen LogP contribution in [0.1, 0.15) is 37.2 Å². The van der Waals surface area contributed by atoms with Crippen LogP contribution in [0.3, 0.4) is 0 Å². The van der Waals surface area contributed by atoms with Crippen LogP contribution in [0.25, 0.3) is 0 Å². The van der Waals surface area contributed by atoms with Crippen molar-refractivity contribution in [2.24, 2.45) is 5.92 Å². The van der Waals surface area contributed by atoms with E-state index in [1.54, 1.807) is 0 Å². The SMILES string of the molecule is Clc1ccc(OCCCOCCC2CC2c2cncc(OCC3CCN3)c2)cc1. The van der Waals surface area contributed by atoms with Gasteiger partial charge in [0.05, 0.1) is 12.8 Å². The van der Waals surface area contributed by atoms with E-state index in [4.69, 9.17) is 25.8 Å². The highest BCUT2D eigenvalue weighted by Gasteiger charge is 2.38. The van der Waals surface area contributed by atoms with Gasteiger partial charge in [0.1, 0.15) is 18.1 Å². The fourth-order valence-electron chi connectivity index (χ4n) is 3.60. The first-order valence-corrected chi connectivity index (χ1v) is 10.9. The van der Waals surface area contributed by atoms with Crippen LogP contribution in [0.2, 0.25) is 5.02 Å². The monoisotopic (exact) mass is 416 g/mol. The summed E-state index contributed by atoms with van der Waals surface area (Å²) >= 11 is 5.86. The molecular weight excluding hydrogens is 388 g/mol. The van der Waals surface area contributed by atoms with Gasteiger partial charge in [0.15, 0.2) is 0 Å². The van der Waals surface area contributed by atoms with Gasteiger partial charge in [0.25, 0.3) is 0 Å². The lowest BCUT2D eigenvalue weighted by atomic mass is 10.1. The number of halogens is 1. The highest BCUT2D eigenvalue weighted by atomic mass is 35.5. The Morgan fingerprint density at radius 1 is 1.03 bits per heavy atom. The summed E-state index contributed by atoms with van der Waals surface area (Å²) in [5.74, 6) is 3.04. The molecule has 1 aliphatic heterocycles. The van der Waals surface area contributed by atoms with Gasteiger partial charge >= 0.3 is 0 Å². The Labute approximate surface area is 177 Å². The Kier molecular flexibility index (Phi) is 7.25. The highest BCUT2D eigenvalue weighted by Crippen LogP contribution is 2.49. The molecule has 3 atom stereocenters. The van der Waals surface area contributed by atoms with Gasteiger partial charge < -0.3 is 19.5 Å². The summed E-state index contributed by atoms with van der Waals surface area (Å²) in [6.07, 6.45) is 8.20. The third-order valence-electron chi connectivity index (χ3n) is 5.61. The van der Waals surface area contributed by atoms with Crippen LogP contribution in [0, 0.1) is 5.92 Å². The topological polar surface area (TPSA) is 52.6 Å². The molecule has 1 N–H and O–H groups in total. The zero-order valence-corrected chi connectivity index (χ0v) is 17.4. The highest BCUT2D eigenvalue weighted by molar-refractivity contribution is 6.30. The summed E-state index contributed by atoms with van der Waals surface area (Å²) in [5, 5.41) is 4.07. The third-order valence-corrected chi connectivity index (χ3v) is 5.86. The quantitative estimate of drug-likeness (QED) is 0.518. The lowest BCUT2D eigenvalue weighted by Crippen LogP contribution is -2.46. The smallest absolute Gasteiger partial charge is 0.137 e. The molecule has 0 amide bonds. The summed E-state index contributed by atoms with van der Waals surface area (Å²) in [4.78, 5) is 4.36. The molecule has 1 saturated carbocycles. The molecule has 2 heterocycles. The molecule has 29 heavy (non-hydrogen) atoms. The standard InChI is InChI=1S/C23H29ClN2O3/c24-19-2-4-21(5-3-19)28-10-1-9-27-11-7-17-13-23(17)18-12-22(15-25-14-18)29-16-20-6-8-26-20/h2-5,12,14-15,17,20,23,26H,1,6-11,13,16H2. The molecule has 0 bridgehead atoms. The second kappa shape index (κ2) is 10.3. The molecule has 1 saturated heterocycles. The normalized spacial score (nSPS) is 22.7. The lowest BCUT2D eigenvalue weighted by Gasteiger charge is -2.27. The molecule has 0 spiro atoms. The van der Waals surface area contributed by atoms with Gasteiger partial charge in [-0.25, -0.2) is 0 Å². The maximum atomic E-state index is 5.87. The molecule has 156 valence electrons. The van der Waals surface area contributed by atoms with E-state index in [-0.39, 0.29) is 0 Å². The van der Waals surface area contributed by atoms with E-state index in [0.29, 0.717) is 24.5 Å². The number of aromatic nitrogens is 1. The molecule has 2 aromatic rings. The zero-order chi connectivity index (χ0) is 19.9. The predicted molar refractivity (Wildman–Crippen MR) is 114 cm³/mol. The number of hydrogen-bond donors (Lipinski definition) is 1. The van der Waals surface area contributed by atoms with Gasteiger partial charge in [0.2, 0.25) is 0 Å². The molecule has 3 unspecified atom stereocenters. The van der Waals surface area contributed by atoms with Crippen LogP contribution in [0.15, 0.2) is 42.7 Å². The van der Waals surface area contributed by atoms with Crippen molar-refractivity contribution in [3.8, 4) is 11.5 Å². The minimum Gasteiger partial charge on any atom is -0.494 e. The van der Waals surface area contributed by atoms with Crippen molar-refractivity contribution in [1.82, 2.24) is 10.3 Å². The summed E-state index contributed by atoms with van der Waals surface area (Å²) in [5.41, 5.74) is 1.30. The van der Waals surface area contributed by atoms with Gasteiger partial charge in [-0.1, -0.05) is 11.6 Å². The van der Waals surface area contributed by atoms with E-state index in [1.165, 1.54) is 18.4 Å². The number of nitrogens with zero attached hydrogens (tertiary/aromatic N) is 1. The molecule has 1 aromatic heterocycles. The van der Waals surface area contributed by atoms with Gasteiger partial charge in [-0.15, -0.1) is 0 Å². The Bertz CT molecular complexity index is 767. The lowest BCUT2D eigenvalue weighted by molar-refractivity contribution is 0.114. The molecule has 4 rings (SSSR count). The van der Waals surface area contributed by atoms with Crippen LogP contribution in [0.5, 0.6) is 11.5 Å². The Hall–Kier alpha value is -1.82. The largest absolute Gasteiger partial charge is 0.494 e. The maximum absolute atomic E-state index is 5.87. The van der Waals surface area contributed by atoms with Crippen LogP contribution in [-0.4, -0.2) is 44.0 Å². The fraction of sp³-hybridized carbons (Fsp3) is 0.522. The number of nitrogens with one attached hydrogen (secondary N) is 1. The van der Waals surface area contributed by atoms with Gasteiger partial charge in [0, 0.05) is 36.9 Å². The van der Waals surface area contributed by atoms with Crippen molar-refractivity contribution in [2.45, 2.75) is 37.6 Å². The Balaban J connectivity index is 1.07. The van der Waals surface area contributed by atoms with Crippen LogP contribution >= 0.6 is 11.6 Å². The zero-order valence-electron chi connectivity index (χ0n) is 16.7. The molecule has 0 radical (unpaired) electrons. The van der Waals surface area contributed by atoms with Crippen molar-refractivity contribution >= 4 is 11.6 Å². The summed E-state index contributed by atoms with van der Waals surface area (Å²) in [6.45, 7) is 4.02. The molecule has 2 fully saturated rings. The van der Waals surface area contributed by atoms with Crippen molar-refractivity contribution in [3.63, 3.8) is 0 Å². The van der Waals surface area contributed by atoms with Crippen molar-refractivity contribution in [3.05, 3.63) is 53.3 Å². The summed E-state index contributed by atoms with van der Waals surface area (Å²) in [7, 11) is 0. The van der Waals surface area contributed by atoms with Crippen molar-refractivity contribution < 1.29 is 14.2 Å². The molecule has 5 nitrogen and oxygen atoms in total. The minimum atomic E-state index is 0.501. The van der Waals surface area contributed by atoms with E-state index in [0.717, 1.165) is 55.7 Å². The van der Waals surface area contributed by atoms with E-state index in [9.17, 15) is 0 Å². The van der Waals surface area contributed by atoms with Gasteiger partial charge in [-0.2, -0.15) is 0 Å². The van der Waals surface area contributed by atoms with E-state index in [2.05, 4.69) is 16.4 Å². The molecule has 1 aliphatic carbocycles. The number of pyridine rings is 1. The number of rotatable bonds is 12. The third kappa shape index (κ3) is 6.33. The molecule has 1 aromatic carbocycles.